The molecule has 1 aromatic rings. The molecule has 2 heteroatoms. The van der Waals surface area contributed by atoms with Crippen molar-refractivity contribution >= 4 is 5.70 Å². The predicted octanol–water partition coefficient (Wildman–Crippen LogP) is 8.14. The Morgan fingerprint density at radius 2 is 1.21 bits per heavy atom. The van der Waals surface area contributed by atoms with Gasteiger partial charge in [-0.15, -0.1) is 0 Å². The monoisotopic (exact) mass is 406 g/mol. The number of aryl methyl sites for hydroxylation is 2. The largest absolute Gasteiger partial charge is 0.370 e. The average Bonchev–Trinajstić information content (AvgIpc) is 2.75. The molecule has 1 heterocycles. The van der Waals surface area contributed by atoms with Gasteiger partial charge in [-0.25, -0.2) is 0 Å². The van der Waals surface area contributed by atoms with Gasteiger partial charge in [0, 0.05) is 24.2 Å². The van der Waals surface area contributed by atoms with Crippen molar-refractivity contribution in [1.29, 1.82) is 0 Å². The summed E-state index contributed by atoms with van der Waals surface area (Å²) in [5.74, 6) is 0. The van der Waals surface area contributed by atoms with E-state index in [0.717, 1.165) is 0 Å². The molecule has 0 amide bonds. The Bertz CT molecular complexity index is 494. The van der Waals surface area contributed by atoms with Crippen LogP contribution in [0.5, 0.6) is 0 Å². The zero-order valence-corrected chi connectivity index (χ0v) is 22.1. The summed E-state index contributed by atoms with van der Waals surface area (Å²) < 4.78 is 0. The lowest BCUT2D eigenvalue weighted by Gasteiger charge is -2.52. The van der Waals surface area contributed by atoms with Crippen LogP contribution in [0.15, 0.2) is 18.7 Å². The Morgan fingerprint density at radius 1 is 0.862 bits per heavy atom. The van der Waals surface area contributed by atoms with Crippen molar-refractivity contribution in [3.8, 4) is 0 Å². The third-order valence-corrected chi connectivity index (χ3v) is 5.26. The molecule has 0 spiro atoms. The number of benzene rings is 1. The molecule has 1 aromatic carbocycles. The molecule has 0 saturated carbocycles. The van der Waals surface area contributed by atoms with Gasteiger partial charge in [0.05, 0.1) is 0 Å². The lowest BCUT2D eigenvalue weighted by molar-refractivity contribution is 0.0310. The highest BCUT2D eigenvalue weighted by Crippen LogP contribution is 2.43. The molecule has 172 valence electrons. The summed E-state index contributed by atoms with van der Waals surface area (Å²) in [6.45, 7) is 30.0. The van der Waals surface area contributed by atoms with Crippen LogP contribution in [-0.4, -0.2) is 25.0 Å². The molecule has 2 rings (SSSR count). The predicted molar refractivity (Wildman–Crippen MR) is 138 cm³/mol. The van der Waals surface area contributed by atoms with Crippen LogP contribution >= 0.6 is 0 Å². The van der Waals surface area contributed by atoms with E-state index >= 15 is 0 Å². The summed E-state index contributed by atoms with van der Waals surface area (Å²) in [7, 11) is 1.50. The van der Waals surface area contributed by atoms with E-state index in [2.05, 4.69) is 64.0 Å². The second-order valence-corrected chi connectivity index (χ2v) is 7.04. The van der Waals surface area contributed by atoms with Crippen molar-refractivity contribution in [2.45, 2.75) is 102 Å². The van der Waals surface area contributed by atoms with Crippen LogP contribution < -0.4 is 5.73 Å². The van der Waals surface area contributed by atoms with Gasteiger partial charge >= 0.3 is 0 Å². The van der Waals surface area contributed by atoms with Crippen LogP contribution in [0.2, 0.25) is 0 Å². The second-order valence-electron chi connectivity index (χ2n) is 7.04. The Hall–Kier alpha value is -1.28. The summed E-state index contributed by atoms with van der Waals surface area (Å²) in [5.41, 5.74) is 11.7. The molecule has 0 atom stereocenters. The van der Waals surface area contributed by atoms with E-state index in [0.29, 0.717) is 5.41 Å². The molecule has 1 fully saturated rings. The molecule has 0 aliphatic carbocycles. The van der Waals surface area contributed by atoms with Crippen LogP contribution in [0.3, 0.4) is 0 Å². The molecule has 1 aliphatic heterocycles. The highest BCUT2D eigenvalue weighted by molar-refractivity contribution is 5.65. The van der Waals surface area contributed by atoms with E-state index in [9.17, 15) is 0 Å². The standard InChI is InChI=1S/C20H31N.3C2H6.CH5N/c1-7-9-20(10-8-2)13-21(14-20)18(6)19-11-15(3)17(5)16(4)12-19;4*1-2/h11-12H,6-10,13-14H2,1-5H3;3*1-2H3;2H2,1H3. The van der Waals surface area contributed by atoms with Crippen molar-refractivity contribution in [3.05, 3.63) is 41.0 Å². The lowest BCUT2D eigenvalue weighted by atomic mass is 9.72. The molecule has 0 bridgehead atoms. The van der Waals surface area contributed by atoms with Gasteiger partial charge in [0.1, 0.15) is 0 Å². The van der Waals surface area contributed by atoms with Crippen LogP contribution in [0.4, 0.5) is 0 Å². The maximum Gasteiger partial charge on any atom is 0.0367 e. The van der Waals surface area contributed by atoms with Gasteiger partial charge in [0.25, 0.3) is 0 Å². The number of hydrogen-bond donors (Lipinski definition) is 1. The molecule has 29 heavy (non-hydrogen) atoms. The maximum atomic E-state index is 4.50. The SMILES string of the molecule is C=C(c1cc(C)c(C)c(C)c1)N1CC(CCC)(CCC)C1.CC.CC.CC.CN. The lowest BCUT2D eigenvalue weighted by Crippen LogP contribution is -2.54. The normalized spacial score (nSPS) is 12.9. The van der Waals surface area contributed by atoms with Gasteiger partial charge in [0.15, 0.2) is 0 Å². The molecular weight excluding hydrogens is 352 g/mol. The van der Waals surface area contributed by atoms with E-state index in [1.54, 1.807) is 0 Å². The minimum absolute atomic E-state index is 0.557. The molecular formula is C27H54N2. The first-order valence-corrected chi connectivity index (χ1v) is 12.0. The highest BCUT2D eigenvalue weighted by Gasteiger charge is 2.41. The van der Waals surface area contributed by atoms with Gasteiger partial charge in [-0.3, -0.25) is 0 Å². The van der Waals surface area contributed by atoms with E-state index in [1.165, 1.54) is 73.8 Å². The maximum absolute atomic E-state index is 4.50. The molecule has 0 aromatic heterocycles. The fourth-order valence-corrected chi connectivity index (χ4v) is 3.84. The smallest absolute Gasteiger partial charge is 0.0367 e. The van der Waals surface area contributed by atoms with E-state index < -0.39 is 0 Å². The molecule has 1 aliphatic rings. The fourth-order valence-electron chi connectivity index (χ4n) is 3.84. The van der Waals surface area contributed by atoms with Gasteiger partial charge in [-0.05, 0) is 75.0 Å². The quantitative estimate of drug-likeness (QED) is 0.516. The number of likely N-dealkylation sites (tertiary alicyclic amines) is 1. The van der Waals surface area contributed by atoms with E-state index in [-0.39, 0.29) is 0 Å². The first kappa shape index (κ1) is 32.4. The zero-order valence-electron chi connectivity index (χ0n) is 22.1. The van der Waals surface area contributed by atoms with Gasteiger partial charge in [-0.2, -0.15) is 0 Å². The summed E-state index contributed by atoms with van der Waals surface area (Å²) in [5, 5.41) is 0. The molecule has 2 N–H and O–H groups in total. The van der Waals surface area contributed by atoms with Gasteiger partial charge in [-0.1, -0.05) is 74.8 Å². The summed E-state index contributed by atoms with van der Waals surface area (Å²) in [6, 6.07) is 4.59. The van der Waals surface area contributed by atoms with Gasteiger partial charge in [0.2, 0.25) is 0 Å². The van der Waals surface area contributed by atoms with E-state index in [1.807, 2.05) is 41.5 Å². The summed E-state index contributed by atoms with van der Waals surface area (Å²) in [6.07, 6.45) is 5.30. The molecule has 0 radical (unpaired) electrons. The van der Waals surface area contributed by atoms with Crippen molar-refractivity contribution in [3.63, 3.8) is 0 Å². The highest BCUT2D eigenvalue weighted by atomic mass is 15.2. The topological polar surface area (TPSA) is 29.3 Å². The second kappa shape index (κ2) is 18.7. The van der Waals surface area contributed by atoms with Crippen molar-refractivity contribution < 1.29 is 0 Å². The van der Waals surface area contributed by atoms with Crippen molar-refractivity contribution in [2.75, 3.05) is 20.1 Å². The minimum Gasteiger partial charge on any atom is -0.370 e. The fraction of sp³-hybridized carbons (Fsp3) is 0.704. The van der Waals surface area contributed by atoms with Crippen LogP contribution in [0.25, 0.3) is 5.70 Å². The van der Waals surface area contributed by atoms with Crippen LogP contribution in [0, 0.1) is 26.2 Å². The number of nitrogens with two attached hydrogens (primary N) is 1. The summed E-state index contributed by atoms with van der Waals surface area (Å²) in [4.78, 5) is 2.48. The Kier molecular flexibility index (Phi) is 20.9. The van der Waals surface area contributed by atoms with E-state index in [4.69, 9.17) is 0 Å². The third kappa shape index (κ3) is 9.85. The minimum atomic E-state index is 0.557. The third-order valence-electron chi connectivity index (χ3n) is 5.26. The summed E-state index contributed by atoms with van der Waals surface area (Å²) >= 11 is 0. The van der Waals surface area contributed by atoms with Crippen molar-refractivity contribution in [2.24, 2.45) is 11.1 Å². The average molecular weight is 407 g/mol. The first-order valence-electron chi connectivity index (χ1n) is 12.0. The van der Waals surface area contributed by atoms with Gasteiger partial charge < -0.3 is 10.6 Å². The Balaban J connectivity index is -0.000000754. The van der Waals surface area contributed by atoms with Crippen molar-refractivity contribution in [1.82, 2.24) is 4.90 Å². The molecule has 2 nitrogen and oxygen atoms in total. The molecule has 0 unspecified atom stereocenters. The number of hydrogen-bond acceptors (Lipinski definition) is 2. The first-order chi connectivity index (χ1) is 13.9. The van der Waals surface area contributed by atoms with Crippen LogP contribution in [-0.2, 0) is 0 Å². The Morgan fingerprint density at radius 3 is 1.52 bits per heavy atom. The number of nitrogens with zero attached hydrogens (tertiary/aromatic N) is 1. The Labute approximate surface area is 185 Å². The number of rotatable bonds is 6. The van der Waals surface area contributed by atoms with Crippen LogP contribution in [0.1, 0.15) is 103 Å². The molecule has 1 saturated heterocycles. The zero-order chi connectivity index (χ0) is 23.6.